The van der Waals surface area contributed by atoms with E-state index in [0.29, 0.717) is 8.78 Å². The topological polar surface area (TPSA) is 66.5 Å². The lowest BCUT2D eigenvalue weighted by molar-refractivity contribution is -0.116. The Kier molecular flexibility index (Phi) is 5.79. The van der Waals surface area contributed by atoms with Crippen LogP contribution in [0.2, 0.25) is 0 Å². The van der Waals surface area contributed by atoms with Crippen molar-refractivity contribution in [1.29, 1.82) is 0 Å². The van der Waals surface area contributed by atoms with Gasteiger partial charge in [0.2, 0.25) is 15.9 Å². The average molecular weight is 433 g/mol. The van der Waals surface area contributed by atoms with Crippen LogP contribution in [0.15, 0.2) is 46.9 Å². The van der Waals surface area contributed by atoms with E-state index >= 15 is 0 Å². The number of rotatable bonds is 5. The van der Waals surface area contributed by atoms with Gasteiger partial charge in [0, 0.05) is 4.47 Å². The molecule has 0 spiro atoms. The van der Waals surface area contributed by atoms with Gasteiger partial charge >= 0.3 is 0 Å². The highest BCUT2D eigenvalue weighted by molar-refractivity contribution is 9.10. The quantitative estimate of drug-likeness (QED) is 0.785. The monoisotopic (exact) mass is 432 g/mol. The van der Waals surface area contributed by atoms with Gasteiger partial charge in [-0.2, -0.15) is 0 Å². The van der Waals surface area contributed by atoms with Crippen LogP contribution < -0.4 is 9.62 Å². The summed E-state index contributed by atoms with van der Waals surface area (Å²) in [6.45, 7) is 1.29. The van der Waals surface area contributed by atoms with Gasteiger partial charge in [0.05, 0.1) is 17.6 Å². The summed E-state index contributed by atoms with van der Waals surface area (Å²) in [6, 6.07) is 7.91. The van der Waals surface area contributed by atoms with Crippen LogP contribution >= 0.6 is 15.9 Å². The van der Waals surface area contributed by atoms with Crippen molar-refractivity contribution in [3.63, 3.8) is 0 Å². The largest absolute Gasteiger partial charge is 0.322 e. The lowest BCUT2D eigenvalue weighted by atomic mass is 10.2. The maximum absolute atomic E-state index is 14.0. The molecule has 0 saturated carbocycles. The van der Waals surface area contributed by atoms with E-state index in [1.54, 1.807) is 0 Å². The molecule has 9 heteroatoms. The fraction of sp³-hybridized carbons (Fsp3) is 0.188. The molecule has 0 aliphatic carbocycles. The van der Waals surface area contributed by atoms with Crippen LogP contribution in [0, 0.1) is 11.6 Å². The molecule has 0 aliphatic rings. The van der Waals surface area contributed by atoms with Crippen LogP contribution in [-0.4, -0.2) is 26.6 Å². The van der Waals surface area contributed by atoms with Crippen molar-refractivity contribution in [1.82, 2.24) is 0 Å². The molecule has 2 aromatic carbocycles. The molecule has 1 atom stereocenters. The van der Waals surface area contributed by atoms with Gasteiger partial charge in [-0.1, -0.05) is 28.1 Å². The summed E-state index contributed by atoms with van der Waals surface area (Å²) < 4.78 is 53.2. The summed E-state index contributed by atoms with van der Waals surface area (Å²) >= 11 is 3.10. The van der Waals surface area contributed by atoms with Gasteiger partial charge in [0.15, 0.2) is 0 Å². The molecule has 0 bridgehead atoms. The zero-order valence-corrected chi connectivity index (χ0v) is 15.7. The molecule has 1 unspecified atom stereocenters. The number of anilines is 2. The minimum absolute atomic E-state index is 0.109. The zero-order chi connectivity index (χ0) is 18.8. The molecule has 2 rings (SSSR count). The third kappa shape index (κ3) is 4.55. The first-order chi connectivity index (χ1) is 11.6. The number of carbonyl (C=O) groups is 1. The predicted molar refractivity (Wildman–Crippen MR) is 95.9 cm³/mol. The highest BCUT2D eigenvalue weighted by Gasteiger charge is 2.31. The molecule has 1 N–H and O–H groups in total. The molecular formula is C16H15BrF2N2O3S. The molecule has 0 saturated heterocycles. The SMILES string of the molecule is CC(C(=O)Nc1ccc(Br)cc1F)N(c1ccccc1F)S(C)(=O)=O. The van der Waals surface area contributed by atoms with Gasteiger partial charge in [-0.05, 0) is 37.3 Å². The second-order valence-electron chi connectivity index (χ2n) is 5.30. The van der Waals surface area contributed by atoms with Crippen molar-refractivity contribution >= 4 is 43.2 Å². The Hall–Kier alpha value is -2.00. The Balaban J connectivity index is 2.35. The summed E-state index contributed by atoms with van der Waals surface area (Å²) in [5.41, 5.74) is -0.369. The van der Waals surface area contributed by atoms with Crippen LogP contribution in [0.5, 0.6) is 0 Å². The van der Waals surface area contributed by atoms with Gasteiger partial charge in [-0.25, -0.2) is 17.2 Å². The van der Waals surface area contributed by atoms with Gasteiger partial charge in [0.25, 0.3) is 0 Å². The van der Waals surface area contributed by atoms with E-state index in [4.69, 9.17) is 0 Å². The smallest absolute Gasteiger partial charge is 0.248 e. The van der Waals surface area contributed by atoms with Crippen molar-refractivity contribution < 1.29 is 22.0 Å². The number of para-hydroxylation sites is 1. The Morgan fingerprint density at radius 1 is 1.16 bits per heavy atom. The van der Waals surface area contributed by atoms with Gasteiger partial charge < -0.3 is 5.32 Å². The maximum Gasteiger partial charge on any atom is 0.248 e. The van der Waals surface area contributed by atoms with E-state index in [0.717, 1.165) is 18.4 Å². The van der Waals surface area contributed by atoms with Gasteiger partial charge in [-0.3, -0.25) is 9.10 Å². The molecule has 0 aromatic heterocycles. The lowest BCUT2D eigenvalue weighted by Crippen LogP contribution is -2.45. The standard InChI is InChI=1S/C16H15BrF2N2O3S/c1-10(16(22)20-14-8-7-11(17)9-13(14)19)21(25(2,23)24)15-6-4-3-5-12(15)18/h3-10H,1-2H3,(H,20,22). The van der Waals surface area contributed by atoms with Crippen molar-refractivity contribution in [3.05, 3.63) is 58.6 Å². The molecule has 25 heavy (non-hydrogen) atoms. The highest BCUT2D eigenvalue weighted by Crippen LogP contribution is 2.25. The number of sulfonamides is 1. The number of nitrogens with zero attached hydrogens (tertiary/aromatic N) is 1. The van der Waals surface area contributed by atoms with Crippen LogP contribution in [-0.2, 0) is 14.8 Å². The maximum atomic E-state index is 14.0. The molecule has 2 aromatic rings. The Bertz CT molecular complexity index is 906. The van der Waals surface area contributed by atoms with E-state index in [1.165, 1.54) is 37.3 Å². The third-order valence-electron chi connectivity index (χ3n) is 3.37. The van der Waals surface area contributed by atoms with Gasteiger partial charge in [-0.15, -0.1) is 0 Å². The summed E-state index contributed by atoms with van der Waals surface area (Å²) in [5, 5.41) is 2.32. The first kappa shape index (κ1) is 19.3. The van der Waals surface area contributed by atoms with E-state index in [9.17, 15) is 22.0 Å². The first-order valence-electron chi connectivity index (χ1n) is 7.11. The van der Waals surface area contributed by atoms with Crippen molar-refractivity contribution in [3.8, 4) is 0 Å². The van der Waals surface area contributed by atoms with Crippen molar-refractivity contribution in [2.24, 2.45) is 0 Å². The summed E-state index contributed by atoms with van der Waals surface area (Å²) in [5.74, 6) is -2.27. The number of amides is 1. The minimum Gasteiger partial charge on any atom is -0.322 e. The summed E-state index contributed by atoms with van der Waals surface area (Å²) in [6.07, 6.45) is 0.865. The molecule has 0 heterocycles. The van der Waals surface area contributed by atoms with E-state index in [-0.39, 0.29) is 11.4 Å². The Labute approximate surface area is 152 Å². The molecule has 0 aliphatic heterocycles. The van der Waals surface area contributed by atoms with Gasteiger partial charge in [0.1, 0.15) is 17.7 Å². The lowest BCUT2D eigenvalue weighted by Gasteiger charge is -2.28. The Morgan fingerprint density at radius 3 is 2.36 bits per heavy atom. The highest BCUT2D eigenvalue weighted by atomic mass is 79.9. The number of carbonyl (C=O) groups excluding carboxylic acids is 1. The molecule has 0 fully saturated rings. The average Bonchev–Trinajstić information content (AvgIpc) is 2.50. The van der Waals surface area contributed by atoms with Crippen LogP contribution in [0.3, 0.4) is 0 Å². The predicted octanol–water partition coefficient (Wildman–Crippen LogP) is 3.52. The number of benzene rings is 2. The molecule has 0 radical (unpaired) electrons. The second kappa shape index (κ2) is 7.49. The zero-order valence-electron chi connectivity index (χ0n) is 13.3. The summed E-state index contributed by atoms with van der Waals surface area (Å²) in [4.78, 5) is 12.4. The molecule has 1 amide bonds. The van der Waals surface area contributed by atoms with Crippen molar-refractivity contribution in [2.45, 2.75) is 13.0 Å². The fourth-order valence-electron chi connectivity index (χ4n) is 2.24. The molecular weight excluding hydrogens is 418 g/mol. The molecule has 5 nitrogen and oxygen atoms in total. The number of hydrogen-bond acceptors (Lipinski definition) is 3. The first-order valence-corrected chi connectivity index (χ1v) is 9.75. The molecule has 134 valence electrons. The van der Waals surface area contributed by atoms with E-state index in [1.807, 2.05) is 0 Å². The second-order valence-corrected chi connectivity index (χ2v) is 8.07. The normalized spacial score (nSPS) is 12.5. The summed E-state index contributed by atoms with van der Waals surface area (Å²) in [7, 11) is -3.96. The number of hydrogen-bond donors (Lipinski definition) is 1. The number of nitrogens with one attached hydrogen (secondary N) is 1. The van der Waals surface area contributed by atoms with E-state index in [2.05, 4.69) is 21.2 Å². The Morgan fingerprint density at radius 2 is 1.80 bits per heavy atom. The minimum atomic E-state index is -3.96. The van der Waals surface area contributed by atoms with Crippen LogP contribution in [0.4, 0.5) is 20.2 Å². The van der Waals surface area contributed by atoms with Crippen LogP contribution in [0.25, 0.3) is 0 Å². The van der Waals surface area contributed by atoms with Crippen molar-refractivity contribution in [2.75, 3.05) is 15.9 Å². The number of halogens is 3. The van der Waals surface area contributed by atoms with E-state index < -0.39 is 33.6 Å². The third-order valence-corrected chi connectivity index (χ3v) is 5.09. The van der Waals surface area contributed by atoms with Crippen LogP contribution in [0.1, 0.15) is 6.92 Å². The fourth-order valence-corrected chi connectivity index (χ4v) is 3.75.